The van der Waals surface area contributed by atoms with E-state index in [4.69, 9.17) is 9.47 Å². The van der Waals surface area contributed by atoms with E-state index in [1.54, 1.807) is 6.07 Å². The number of esters is 1. The van der Waals surface area contributed by atoms with Crippen LogP contribution >= 0.6 is 15.9 Å². The van der Waals surface area contributed by atoms with Gasteiger partial charge in [0.05, 0.1) is 9.40 Å². The summed E-state index contributed by atoms with van der Waals surface area (Å²) in [5, 5.41) is 10.5. The van der Waals surface area contributed by atoms with Crippen LogP contribution in [0.2, 0.25) is 0 Å². The van der Waals surface area contributed by atoms with E-state index in [9.17, 15) is 14.9 Å². The first-order chi connectivity index (χ1) is 10.5. The first-order valence-corrected chi connectivity index (χ1v) is 7.09. The van der Waals surface area contributed by atoms with Gasteiger partial charge in [-0.15, -0.1) is 0 Å². The number of non-ortho nitro benzene ring substituents is 1. The van der Waals surface area contributed by atoms with E-state index in [1.807, 2.05) is 19.1 Å². The van der Waals surface area contributed by atoms with Crippen LogP contribution in [0.15, 0.2) is 46.9 Å². The lowest BCUT2D eigenvalue weighted by molar-refractivity contribution is -0.384. The standard InChI is InChI=1S/C15H12BrNO5/c1-10-2-7-14(13(16)8-10)21-9-15(18)22-12-5-3-11(4-6-12)17(19)20/h2-8H,9H2,1H3. The van der Waals surface area contributed by atoms with Gasteiger partial charge in [0.2, 0.25) is 0 Å². The van der Waals surface area contributed by atoms with Gasteiger partial charge in [0.25, 0.3) is 5.69 Å². The molecule has 0 atom stereocenters. The SMILES string of the molecule is Cc1ccc(OCC(=O)Oc2ccc([N+](=O)[O-])cc2)c(Br)c1. The van der Waals surface area contributed by atoms with E-state index < -0.39 is 10.9 Å². The number of rotatable bonds is 5. The maximum Gasteiger partial charge on any atom is 0.349 e. The molecule has 0 radical (unpaired) electrons. The molecule has 0 saturated carbocycles. The van der Waals surface area contributed by atoms with Crippen LogP contribution in [0.1, 0.15) is 5.56 Å². The van der Waals surface area contributed by atoms with Gasteiger partial charge in [-0.2, -0.15) is 0 Å². The van der Waals surface area contributed by atoms with Crippen LogP contribution in [-0.4, -0.2) is 17.5 Å². The van der Waals surface area contributed by atoms with Crippen molar-refractivity contribution in [2.75, 3.05) is 6.61 Å². The molecule has 7 heteroatoms. The Morgan fingerprint density at radius 2 is 1.91 bits per heavy atom. The number of nitro benzene ring substituents is 1. The van der Waals surface area contributed by atoms with Crippen molar-refractivity contribution in [1.82, 2.24) is 0 Å². The molecule has 2 rings (SSSR count). The first kappa shape index (κ1) is 16.0. The maximum atomic E-state index is 11.7. The normalized spacial score (nSPS) is 10.1. The van der Waals surface area contributed by atoms with E-state index in [1.165, 1.54) is 24.3 Å². The fourth-order valence-electron chi connectivity index (χ4n) is 1.66. The summed E-state index contributed by atoms with van der Waals surface area (Å²) in [5.41, 5.74) is 0.993. The number of ether oxygens (including phenoxy) is 2. The Morgan fingerprint density at radius 1 is 1.23 bits per heavy atom. The van der Waals surface area contributed by atoms with Crippen LogP contribution in [0.3, 0.4) is 0 Å². The summed E-state index contributed by atoms with van der Waals surface area (Å²) in [6.07, 6.45) is 0. The van der Waals surface area contributed by atoms with Crippen LogP contribution in [0.25, 0.3) is 0 Å². The molecule has 0 aliphatic carbocycles. The topological polar surface area (TPSA) is 78.7 Å². The largest absolute Gasteiger partial charge is 0.481 e. The fourth-order valence-corrected chi connectivity index (χ4v) is 2.26. The Kier molecular flexibility index (Phi) is 5.11. The van der Waals surface area contributed by atoms with Crippen LogP contribution in [0.5, 0.6) is 11.5 Å². The van der Waals surface area contributed by atoms with Gasteiger partial charge in [-0.3, -0.25) is 10.1 Å². The predicted molar refractivity (Wildman–Crippen MR) is 83.1 cm³/mol. The molecule has 114 valence electrons. The van der Waals surface area contributed by atoms with Crippen molar-refractivity contribution in [2.45, 2.75) is 6.92 Å². The molecule has 0 bridgehead atoms. The molecule has 6 nitrogen and oxygen atoms in total. The monoisotopic (exact) mass is 365 g/mol. The number of aryl methyl sites for hydroxylation is 1. The summed E-state index contributed by atoms with van der Waals surface area (Å²) in [6, 6.07) is 10.7. The van der Waals surface area contributed by atoms with E-state index in [-0.39, 0.29) is 18.0 Å². The molecule has 0 amide bonds. The molecule has 0 N–H and O–H groups in total. The van der Waals surface area contributed by atoms with Crippen molar-refractivity contribution in [3.05, 3.63) is 62.6 Å². The summed E-state index contributed by atoms with van der Waals surface area (Å²) in [4.78, 5) is 21.7. The summed E-state index contributed by atoms with van der Waals surface area (Å²) in [7, 11) is 0. The third-order valence-corrected chi connectivity index (χ3v) is 3.33. The number of hydrogen-bond acceptors (Lipinski definition) is 5. The molecular formula is C15H12BrNO5. The minimum Gasteiger partial charge on any atom is -0.481 e. The number of carbonyl (C=O) groups is 1. The molecule has 0 aliphatic heterocycles. The lowest BCUT2D eigenvalue weighted by atomic mass is 10.2. The minimum absolute atomic E-state index is 0.0698. The molecular weight excluding hydrogens is 354 g/mol. The average molecular weight is 366 g/mol. The molecule has 2 aromatic carbocycles. The number of halogens is 1. The van der Waals surface area contributed by atoms with E-state index in [0.29, 0.717) is 5.75 Å². The summed E-state index contributed by atoms with van der Waals surface area (Å²) < 4.78 is 11.1. The number of nitro groups is 1. The van der Waals surface area contributed by atoms with Crippen molar-refractivity contribution < 1.29 is 19.2 Å². The minimum atomic E-state index is -0.596. The van der Waals surface area contributed by atoms with E-state index >= 15 is 0 Å². The van der Waals surface area contributed by atoms with Crippen LogP contribution in [-0.2, 0) is 4.79 Å². The lowest BCUT2D eigenvalue weighted by Crippen LogP contribution is -2.17. The zero-order chi connectivity index (χ0) is 16.1. The van der Waals surface area contributed by atoms with E-state index in [0.717, 1.165) is 10.0 Å². The van der Waals surface area contributed by atoms with Gasteiger partial charge in [0.15, 0.2) is 6.61 Å². The van der Waals surface area contributed by atoms with Crippen LogP contribution in [0, 0.1) is 17.0 Å². The highest BCUT2D eigenvalue weighted by molar-refractivity contribution is 9.10. The summed E-state index contributed by atoms with van der Waals surface area (Å²) >= 11 is 3.34. The third kappa shape index (κ3) is 4.29. The molecule has 0 heterocycles. The Bertz CT molecular complexity index is 700. The van der Waals surface area contributed by atoms with Crippen molar-refractivity contribution in [3.8, 4) is 11.5 Å². The van der Waals surface area contributed by atoms with Gasteiger partial charge in [-0.25, -0.2) is 4.79 Å². The predicted octanol–water partition coefficient (Wildman–Crippen LogP) is 3.65. The van der Waals surface area contributed by atoms with Crippen LogP contribution in [0.4, 0.5) is 5.69 Å². The number of carbonyl (C=O) groups excluding carboxylic acids is 1. The van der Waals surface area contributed by atoms with Gasteiger partial charge >= 0.3 is 5.97 Å². The zero-order valence-electron chi connectivity index (χ0n) is 11.6. The van der Waals surface area contributed by atoms with Crippen molar-refractivity contribution >= 4 is 27.6 Å². The number of hydrogen-bond donors (Lipinski definition) is 0. The third-order valence-electron chi connectivity index (χ3n) is 2.71. The quantitative estimate of drug-likeness (QED) is 0.349. The molecule has 0 aromatic heterocycles. The molecule has 2 aromatic rings. The molecule has 0 unspecified atom stereocenters. The summed E-state index contributed by atoms with van der Waals surface area (Å²) in [6.45, 7) is 1.68. The van der Waals surface area contributed by atoms with Gasteiger partial charge < -0.3 is 9.47 Å². The second kappa shape index (κ2) is 7.04. The number of nitrogens with zero attached hydrogens (tertiary/aromatic N) is 1. The second-order valence-corrected chi connectivity index (χ2v) is 5.30. The maximum absolute atomic E-state index is 11.7. The Labute approximate surface area is 134 Å². The Balaban J connectivity index is 1.91. The average Bonchev–Trinajstić information content (AvgIpc) is 2.47. The van der Waals surface area contributed by atoms with Gasteiger partial charge in [0.1, 0.15) is 11.5 Å². The Hall–Kier alpha value is -2.41. The molecule has 0 aliphatic rings. The Morgan fingerprint density at radius 3 is 2.50 bits per heavy atom. The van der Waals surface area contributed by atoms with E-state index in [2.05, 4.69) is 15.9 Å². The van der Waals surface area contributed by atoms with Gasteiger partial charge in [-0.05, 0) is 52.7 Å². The molecule has 0 fully saturated rings. The highest BCUT2D eigenvalue weighted by Gasteiger charge is 2.10. The number of benzene rings is 2. The van der Waals surface area contributed by atoms with Crippen molar-refractivity contribution in [1.29, 1.82) is 0 Å². The second-order valence-electron chi connectivity index (χ2n) is 4.45. The first-order valence-electron chi connectivity index (χ1n) is 6.30. The zero-order valence-corrected chi connectivity index (χ0v) is 13.2. The fraction of sp³-hybridized carbons (Fsp3) is 0.133. The molecule has 0 spiro atoms. The van der Waals surface area contributed by atoms with Crippen LogP contribution < -0.4 is 9.47 Å². The smallest absolute Gasteiger partial charge is 0.349 e. The van der Waals surface area contributed by atoms with Crippen molar-refractivity contribution in [2.24, 2.45) is 0 Å². The molecule has 0 saturated heterocycles. The molecule has 22 heavy (non-hydrogen) atoms. The highest BCUT2D eigenvalue weighted by Crippen LogP contribution is 2.25. The lowest BCUT2D eigenvalue weighted by Gasteiger charge is -2.08. The van der Waals surface area contributed by atoms with Crippen molar-refractivity contribution in [3.63, 3.8) is 0 Å². The van der Waals surface area contributed by atoms with Gasteiger partial charge in [0, 0.05) is 12.1 Å². The summed E-state index contributed by atoms with van der Waals surface area (Å²) in [5.74, 6) is 0.162. The highest BCUT2D eigenvalue weighted by atomic mass is 79.9. The van der Waals surface area contributed by atoms with Gasteiger partial charge in [-0.1, -0.05) is 6.07 Å².